The number of methoxy groups -OCH3 is 1. The van der Waals surface area contributed by atoms with Gasteiger partial charge in [0.25, 0.3) is 0 Å². The van der Waals surface area contributed by atoms with Crippen molar-refractivity contribution in [3.05, 3.63) is 28.8 Å². The second-order valence-corrected chi connectivity index (χ2v) is 6.71. The first-order valence-electron chi connectivity index (χ1n) is 7.98. The van der Waals surface area contributed by atoms with E-state index in [0.717, 1.165) is 62.2 Å². The Morgan fingerprint density at radius 3 is 2.64 bits per heavy atom. The summed E-state index contributed by atoms with van der Waals surface area (Å²) >= 11 is 6.05. The largest absolute Gasteiger partial charge is 0.496 e. The Balaban J connectivity index is 1.65. The van der Waals surface area contributed by atoms with Crippen molar-refractivity contribution in [2.75, 3.05) is 33.3 Å². The molecule has 2 atom stereocenters. The average Bonchev–Trinajstić information content (AvgIpc) is 2.86. The minimum atomic E-state index is 0.175. The molecule has 3 rings (SSSR count). The highest BCUT2D eigenvalue weighted by atomic mass is 35.5. The number of ether oxygens (including phenoxy) is 1. The van der Waals surface area contributed by atoms with Crippen molar-refractivity contribution in [1.82, 2.24) is 10.2 Å². The van der Waals surface area contributed by atoms with Crippen molar-refractivity contribution in [2.24, 2.45) is 11.8 Å². The molecule has 2 saturated heterocycles. The van der Waals surface area contributed by atoms with Crippen LogP contribution in [0.3, 0.4) is 0 Å². The van der Waals surface area contributed by atoms with Crippen molar-refractivity contribution in [3.8, 4) is 5.75 Å². The van der Waals surface area contributed by atoms with Gasteiger partial charge < -0.3 is 15.0 Å². The third-order valence-corrected chi connectivity index (χ3v) is 5.19. The minimum Gasteiger partial charge on any atom is -0.496 e. The van der Waals surface area contributed by atoms with E-state index in [2.05, 4.69) is 5.32 Å². The number of nitrogens with one attached hydrogen (secondary N) is 1. The molecule has 0 saturated carbocycles. The zero-order valence-corrected chi connectivity index (χ0v) is 13.7. The lowest BCUT2D eigenvalue weighted by atomic mass is 9.92. The fourth-order valence-electron chi connectivity index (χ4n) is 3.63. The van der Waals surface area contributed by atoms with Gasteiger partial charge in [0.1, 0.15) is 5.75 Å². The van der Waals surface area contributed by atoms with Crippen molar-refractivity contribution >= 4 is 17.5 Å². The fourth-order valence-corrected chi connectivity index (χ4v) is 3.82. The first-order chi connectivity index (χ1) is 10.7. The number of carbonyl (C=O) groups excluding carboxylic acids is 1. The van der Waals surface area contributed by atoms with Crippen molar-refractivity contribution < 1.29 is 9.53 Å². The molecule has 120 valence electrons. The molecule has 5 heteroatoms. The number of amides is 1. The molecule has 0 unspecified atom stereocenters. The number of hydrogen-bond donors (Lipinski definition) is 1. The van der Waals surface area contributed by atoms with Crippen molar-refractivity contribution in [2.45, 2.75) is 19.3 Å². The summed E-state index contributed by atoms with van der Waals surface area (Å²) in [5.41, 5.74) is 0.867. The van der Waals surface area contributed by atoms with Crippen LogP contribution in [0.5, 0.6) is 5.75 Å². The molecule has 0 aromatic heterocycles. The van der Waals surface area contributed by atoms with Crippen LogP contribution in [0.2, 0.25) is 5.02 Å². The first-order valence-corrected chi connectivity index (χ1v) is 8.36. The highest BCUT2D eigenvalue weighted by Gasteiger charge is 2.31. The Bertz CT molecular complexity index is 535. The van der Waals surface area contributed by atoms with E-state index in [9.17, 15) is 4.79 Å². The SMILES string of the molecule is COc1ccc(Cl)cc1CC(=O)N1CC[C@@H]2CNC[C@@H]2CC1. The summed E-state index contributed by atoms with van der Waals surface area (Å²) in [5.74, 6) is 2.37. The number of carbonyl (C=O) groups is 1. The Morgan fingerprint density at radius 2 is 2.00 bits per heavy atom. The summed E-state index contributed by atoms with van der Waals surface area (Å²) < 4.78 is 5.34. The van der Waals surface area contributed by atoms with E-state index in [1.54, 1.807) is 13.2 Å². The van der Waals surface area contributed by atoms with Crippen molar-refractivity contribution in [3.63, 3.8) is 0 Å². The predicted octanol–water partition coefficient (Wildman–Crippen LogP) is 2.35. The summed E-state index contributed by atoms with van der Waals surface area (Å²) in [6.07, 6.45) is 2.57. The maximum absolute atomic E-state index is 12.6. The van der Waals surface area contributed by atoms with Crippen LogP contribution in [0.25, 0.3) is 0 Å². The standard InChI is InChI=1S/C17H23ClN2O2/c1-22-16-3-2-15(18)8-14(16)9-17(21)20-6-4-12-10-19-11-13(12)5-7-20/h2-3,8,12-13,19H,4-7,9-11H2,1H3/t12-,13+. The molecule has 0 bridgehead atoms. The van der Waals surface area contributed by atoms with Gasteiger partial charge >= 0.3 is 0 Å². The Hall–Kier alpha value is -1.26. The van der Waals surface area contributed by atoms with Crippen LogP contribution >= 0.6 is 11.6 Å². The maximum atomic E-state index is 12.6. The highest BCUT2D eigenvalue weighted by Crippen LogP contribution is 2.28. The van der Waals surface area contributed by atoms with Gasteiger partial charge in [-0.15, -0.1) is 0 Å². The third-order valence-electron chi connectivity index (χ3n) is 4.96. The molecular formula is C17H23ClN2O2. The van der Waals surface area contributed by atoms with Gasteiger partial charge in [-0.05, 0) is 56.0 Å². The molecular weight excluding hydrogens is 300 g/mol. The van der Waals surface area contributed by atoms with E-state index in [1.165, 1.54) is 0 Å². The number of fused-ring (bicyclic) bond motifs is 1. The molecule has 0 spiro atoms. The van der Waals surface area contributed by atoms with Crippen LogP contribution < -0.4 is 10.1 Å². The number of hydrogen-bond acceptors (Lipinski definition) is 3. The number of rotatable bonds is 3. The van der Waals surface area contributed by atoms with Crippen molar-refractivity contribution in [1.29, 1.82) is 0 Å². The van der Waals surface area contributed by atoms with E-state index in [1.807, 2.05) is 17.0 Å². The summed E-state index contributed by atoms with van der Waals surface area (Å²) in [6, 6.07) is 5.44. The predicted molar refractivity (Wildman–Crippen MR) is 87.4 cm³/mol. The van der Waals surface area contributed by atoms with Gasteiger partial charge in [-0.1, -0.05) is 11.6 Å². The maximum Gasteiger partial charge on any atom is 0.227 e. The Kier molecular flexibility index (Phi) is 4.89. The molecule has 22 heavy (non-hydrogen) atoms. The molecule has 0 aliphatic carbocycles. The summed E-state index contributed by atoms with van der Waals surface area (Å²) in [6.45, 7) is 3.94. The van der Waals surface area contributed by atoms with Crippen LogP contribution in [0.15, 0.2) is 18.2 Å². The van der Waals surface area contributed by atoms with Crippen LogP contribution in [-0.2, 0) is 11.2 Å². The van der Waals surface area contributed by atoms with Gasteiger partial charge in [0.2, 0.25) is 5.91 Å². The minimum absolute atomic E-state index is 0.175. The van der Waals surface area contributed by atoms with Gasteiger partial charge in [0, 0.05) is 23.7 Å². The van der Waals surface area contributed by atoms with Gasteiger partial charge in [0.15, 0.2) is 0 Å². The molecule has 4 nitrogen and oxygen atoms in total. The molecule has 0 radical (unpaired) electrons. The zero-order valence-electron chi connectivity index (χ0n) is 13.0. The topological polar surface area (TPSA) is 41.6 Å². The summed E-state index contributed by atoms with van der Waals surface area (Å²) in [4.78, 5) is 14.6. The average molecular weight is 323 g/mol. The van der Waals surface area contributed by atoms with Gasteiger partial charge in [0.05, 0.1) is 13.5 Å². The van der Waals surface area contributed by atoms with E-state index in [-0.39, 0.29) is 5.91 Å². The number of nitrogens with zero attached hydrogens (tertiary/aromatic N) is 1. The number of benzene rings is 1. The van der Waals surface area contributed by atoms with Gasteiger partial charge in [-0.2, -0.15) is 0 Å². The normalized spacial score (nSPS) is 24.7. The lowest BCUT2D eigenvalue weighted by molar-refractivity contribution is -0.130. The zero-order chi connectivity index (χ0) is 15.5. The summed E-state index contributed by atoms with van der Waals surface area (Å²) in [7, 11) is 1.62. The Labute approximate surface area is 136 Å². The fraction of sp³-hybridized carbons (Fsp3) is 0.588. The van der Waals surface area contributed by atoms with E-state index < -0.39 is 0 Å². The Morgan fingerprint density at radius 1 is 1.32 bits per heavy atom. The van der Waals surface area contributed by atoms with E-state index in [4.69, 9.17) is 16.3 Å². The summed E-state index contributed by atoms with van der Waals surface area (Å²) in [5, 5.41) is 4.10. The van der Waals surface area contributed by atoms with Crippen LogP contribution in [0.1, 0.15) is 18.4 Å². The number of halogens is 1. The molecule has 1 amide bonds. The second-order valence-electron chi connectivity index (χ2n) is 6.27. The molecule has 2 fully saturated rings. The lowest BCUT2D eigenvalue weighted by Gasteiger charge is -2.21. The number of likely N-dealkylation sites (tertiary alicyclic amines) is 1. The smallest absolute Gasteiger partial charge is 0.227 e. The second kappa shape index (κ2) is 6.88. The van der Waals surface area contributed by atoms with Gasteiger partial charge in [-0.25, -0.2) is 0 Å². The quantitative estimate of drug-likeness (QED) is 0.929. The lowest BCUT2D eigenvalue weighted by Crippen LogP contribution is -2.34. The third kappa shape index (κ3) is 3.39. The van der Waals surface area contributed by atoms with Gasteiger partial charge in [-0.3, -0.25) is 4.79 Å². The van der Waals surface area contributed by atoms with E-state index in [0.29, 0.717) is 11.4 Å². The first kappa shape index (κ1) is 15.6. The van der Waals surface area contributed by atoms with Crippen LogP contribution in [0, 0.1) is 11.8 Å². The molecule has 2 aliphatic heterocycles. The van der Waals surface area contributed by atoms with Crippen LogP contribution in [-0.4, -0.2) is 44.1 Å². The molecule has 2 heterocycles. The molecule has 1 aromatic rings. The molecule has 1 N–H and O–H groups in total. The van der Waals surface area contributed by atoms with E-state index >= 15 is 0 Å². The van der Waals surface area contributed by atoms with Crippen LogP contribution in [0.4, 0.5) is 0 Å². The molecule has 1 aromatic carbocycles. The molecule has 2 aliphatic rings. The highest BCUT2D eigenvalue weighted by molar-refractivity contribution is 6.30. The monoisotopic (exact) mass is 322 g/mol.